The van der Waals surface area contributed by atoms with Crippen LogP contribution in [-0.2, 0) is 16.4 Å². The van der Waals surface area contributed by atoms with E-state index >= 15 is 0 Å². The van der Waals surface area contributed by atoms with Crippen LogP contribution in [0.4, 0.5) is 0 Å². The standard InChI is InChI=1S/C20H23Cl2N3O4S/c1-4-14-17(13(3)26)12(2)23-19(14)20(27)24-8-10-25(11-9-24)30(28,29)16-7-5-6-15(21)18(16)22/h5-7,23H,4,8-11H2,1-3H3. The molecule has 0 bridgehead atoms. The molecule has 0 aliphatic carbocycles. The Bertz CT molecular complexity index is 1100. The zero-order chi connectivity index (χ0) is 22.2. The second kappa shape index (κ2) is 8.70. The maximum Gasteiger partial charge on any atom is 0.270 e. The Morgan fingerprint density at radius 1 is 1.13 bits per heavy atom. The number of rotatable bonds is 5. The number of hydrogen-bond donors (Lipinski definition) is 1. The molecule has 3 rings (SSSR count). The number of aryl methyl sites for hydroxylation is 1. The van der Waals surface area contributed by atoms with Crippen LogP contribution in [0.25, 0.3) is 0 Å². The fourth-order valence-electron chi connectivity index (χ4n) is 3.80. The fourth-order valence-corrected chi connectivity index (χ4v) is 5.96. The summed E-state index contributed by atoms with van der Waals surface area (Å²) in [6.07, 6.45) is 0.544. The Hall–Kier alpha value is -1.87. The van der Waals surface area contributed by atoms with E-state index in [0.29, 0.717) is 28.9 Å². The van der Waals surface area contributed by atoms with Crippen molar-refractivity contribution in [3.63, 3.8) is 0 Å². The minimum absolute atomic E-state index is 0.0103. The Balaban J connectivity index is 1.79. The first-order valence-electron chi connectivity index (χ1n) is 9.55. The number of ketones is 1. The van der Waals surface area contributed by atoms with Crippen LogP contribution in [0.5, 0.6) is 0 Å². The van der Waals surface area contributed by atoms with Crippen molar-refractivity contribution in [2.24, 2.45) is 0 Å². The van der Waals surface area contributed by atoms with Gasteiger partial charge in [0.05, 0.1) is 10.0 Å². The van der Waals surface area contributed by atoms with Gasteiger partial charge in [0, 0.05) is 37.4 Å². The summed E-state index contributed by atoms with van der Waals surface area (Å²) in [5.41, 5.74) is 2.32. The summed E-state index contributed by atoms with van der Waals surface area (Å²) >= 11 is 12.1. The molecule has 7 nitrogen and oxygen atoms in total. The number of hydrogen-bond acceptors (Lipinski definition) is 4. The number of halogens is 2. The zero-order valence-electron chi connectivity index (χ0n) is 17.0. The fraction of sp³-hybridized carbons (Fsp3) is 0.400. The number of carbonyl (C=O) groups excluding carboxylic acids is 2. The highest BCUT2D eigenvalue weighted by Crippen LogP contribution is 2.31. The highest BCUT2D eigenvalue weighted by molar-refractivity contribution is 7.89. The molecule has 0 atom stereocenters. The van der Waals surface area contributed by atoms with Crippen molar-refractivity contribution in [3.05, 3.63) is 50.8 Å². The molecule has 10 heteroatoms. The second-order valence-corrected chi connectivity index (χ2v) is 9.83. The first-order chi connectivity index (χ1) is 14.1. The number of nitrogens with one attached hydrogen (secondary N) is 1. The number of aromatic nitrogens is 1. The lowest BCUT2D eigenvalue weighted by Gasteiger charge is -2.34. The third kappa shape index (κ3) is 4.01. The predicted molar refractivity (Wildman–Crippen MR) is 116 cm³/mol. The molecule has 2 aromatic rings. The van der Waals surface area contributed by atoms with E-state index in [1.807, 2.05) is 6.92 Å². The Morgan fingerprint density at radius 3 is 2.33 bits per heavy atom. The number of piperazine rings is 1. The molecule has 1 aliphatic rings. The van der Waals surface area contributed by atoms with Crippen LogP contribution in [0.1, 0.15) is 46.0 Å². The van der Waals surface area contributed by atoms with E-state index in [0.717, 1.165) is 0 Å². The van der Waals surface area contributed by atoms with E-state index in [1.165, 1.54) is 29.4 Å². The average Bonchev–Trinajstić information content (AvgIpc) is 3.05. The zero-order valence-corrected chi connectivity index (χ0v) is 19.3. The monoisotopic (exact) mass is 471 g/mol. The molecule has 1 aromatic heterocycles. The number of Topliss-reactive ketones (excluding diaryl/α,β-unsaturated/α-hetero) is 1. The Labute approximate surface area is 186 Å². The molecule has 1 aromatic carbocycles. The molecular weight excluding hydrogens is 449 g/mol. The normalized spacial score (nSPS) is 15.4. The first-order valence-corrected chi connectivity index (χ1v) is 11.7. The van der Waals surface area contributed by atoms with Crippen molar-refractivity contribution >= 4 is 44.9 Å². The van der Waals surface area contributed by atoms with Gasteiger partial charge in [-0.3, -0.25) is 9.59 Å². The topological polar surface area (TPSA) is 90.6 Å². The molecule has 1 saturated heterocycles. The number of amides is 1. The quantitative estimate of drug-likeness (QED) is 0.674. The summed E-state index contributed by atoms with van der Waals surface area (Å²) < 4.78 is 27.2. The molecule has 2 heterocycles. The maximum atomic E-state index is 13.1. The lowest BCUT2D eigenvalue weighted by Crippen LogP contribution is -2.50. The lowest BCUT2D eigenvalue weighted by atomic mass is 10.0. The van der Waals surface area contributed by atoms with E-state index in [-0.39, 0.29) is 52.8 Å². The molecule has 0 spiro atoms. The van der Waals surface area contributed by atoms with Crippen molar-refractivity contribution in [1.29, 1.82) is 0 Å². The molecule has 162 valence electrons. The van der Waals surface area contributed by atoms with Gasteiger partial charge >= 0.3 is 0 Å². The van der Waals surface area contributed by atoms with Gasteiger partial charge in [0.25, 0.3) is 5.91 Å². The Kier molecular flexibility index (Phi) is 6.62. The van der Waals surface area contributed by atoms with E-state index in [1.54, 1.807) is 11.8 Å². The second-order valence-electron chi connectivity index (χ2n) is 7.14. The summed E-state index contributed by atoms with van der Waals surface area (Å²) in [5, 5.41) is 0.158. The van der Waals surface area contributed by atoms with E-state index in [9.17, 15) is 18.0 Å². The van der Waals surface area contributed by atoms with Gasteiger partial charge in [-0.2, -0.15) is 4.31 Å². The molecule has 30 heavy (non-hydrogen) atoms. The molecule has 1 amide bonds. The van der Waals surface area contributed by atoms with Gasteiger partial charge in [0.1, 0.15) is 10.6 Å². The molecule has 1 aliphatic heterocycles. The van der Waals surface area contributed by atoms with Crippen LogP contribution in [-0.4, -0.2) is 60.5 Å². The van der Waals surface area contributed by atoms with Crippen LogP contribution in [0.15, 0.2) is 23.1 Å². The van der Waals surface area contributed by atoms with Crippen molar-refractivity contribution in [1.82, 2.24) is 14.2 Å². The number of sulfonamides is 1. The molecule has 1 N–H and O–H groups in total. The maximum absolute atomic E-state index is 13.1. The van der Waals surface area contributed by atoms with Crippen molar-refractivity contribution in [3.8, 4) is 0 Å². The summed E-state index contributed by atoms with van der Waals surface area (Å²) in [5.74, 6) is -0.325. The van der Waals surface area contributed by atoms with Gasteiger partial charge in [-0.05, 0) is 38.0 Å². The van der Waals surface area contributed by atoms with E-state index < -0.39 is 10.0 Å². The number of benzene rings is 1. The molecule has 1 fully saturated rings. The van der Waals surface area contributed by atoms with Crippen LogP contribution < -0.4 is 0 Å². The number of aromatic amines is 1. The first kappa shape index (κ1) is 22.8. The van der Waals surface area contributed by atoms with Gasteiger partial charge in [0.2, 0.25) is 10.0 Å². The van der Waals surface area contributed by atoms with Crippen molar-refractivity contribution in [2.45, 2.75) is 32.1 Å². The highest BCUT2D eigenvalue weighted by atomic mass is 35.5. The van der Waals surface area contributed by atoms with Crippen LogP contribution in [0.3, 0.4) is 0 Å². The highest BCUT2D eigenvalue weighted by Gasteiger charge is 2.33. The molecular formula is C20H23Cl2N3O4S. The minimum Gasteiger partial charge on any atom is -0.354 e. The smallest absolute Gasteiger partial charge is 0.270 e. The van der Waals surface area contributed by atoms with Gasteiger partial charge in [0.15, 0.2) is 5.78 Å². The largest absolute Gasteiger partial charge is 0.354 e. The van der Waals surface area contributed by atoms with Gasteiger partial charge in [-0.15, -0.1) is 0 Å². The van der Waals surface area contributed by atoms with Gasteiger partial charge in [-0.25, -0.2) is 8.42 Å². The van der Waals surface area contributed by atoms with Gasteiger partial charge < -0.3 is 9.88 Å². The summed E-state index contributed by atoms with van der Waals surface area (Å²) in [6, 6.07) is 4.48. The number of H-pyrrole nitrogens is 1. The predicted octanol–water partition coefficient (Wildman–Crippen LogP) is 3.54. The lowest BCUT2D eigenvalue weighted by molar-refractivity contribution is 0.0691. The van der Waals surface area contributed by atoms with E-state index in [2.05, 4.69) is 4.98 Å². The summed E-state index contributed by atoms with van der Waals surface area (Å²) in [6.45, 7) is 5.88. The number of nitrogens with zero attached hydrogens (tertiary/aromatic N) is 2. The van der Waals surface area contributed by atoms with Crippen molar-refractivity contribution < 1.29 is 18.0 Å². The van der Waals surface area contributed by atoms with Crippen molar-refractivity contribution in [2.75, 3.05) is 26.2 Å². The molecule has 0 unspecified atom stereocenters. The molecule has 0 radical (unpaired) electrons. The van der Waals surface area contributed by atoms with Crippen LogP contribution in [0.2, 0.25) is 10.0 Å². The number of carbonyl (C=O) groups is 2. The SMILES string of the molecule is CCc1c(C(=O)N2CCN(S(=O)(=O)c3cccc(Cl)c3Cl)CC2)[nH]c(C)c1C(C)=O. The third-order valence-corrected chi connectivity index (χ3v) is 8.14. The molecule has 0 saturated carbocycles. The third-order valence-electron chi connectivity index (χ3n) is 5.27. The average molecular weight is 472 g/mol. The van der Waals surface area contributed by atoms with Crippen LogP contribution in [0, 0.1) is 6.92 Å². The van der Waals surface area contributed by atoms with E-state index in [4.69, 9.17) is 23.2 Å². The van der Waals surface area contributed by atoms with Crippen LogP contribution >= 0.6 is 23.2 Å². The summed E-state index contributed by atoms with van der Waals surface area (Å²) in [7, 11) is -3.83. The minimum atomic E-state index is -3.83. The Morgan fingerprint density at radius 2 is 1.77 bits per heavy atom. The van der Waals surface area contributed by atoms with Gasteiger partial charge in [-0.1, -0.05) is 36.2 Å². The summed E-state index contributed by atoms with van der Waals surface area (Å²) in [4.78, 5) is 29.6.